The predicted octanol–water partition coefficient (Wildman–Crippen LogP) is 8.36. The monoisotopic (exact) mass is 658 g/mol. The summed E-state index contributed by atoms with van der Waals surface area (Å²) in [5, 5.41) is 0. The first-order valence-corrected chi connectivity index (χ1v) is 14.3. The van der Waals surface area contributed by atoms with Gasteiger partial charge in [0.2, 0.25) is 0 Å². The minimum Gasteiger partial charge on any atom is -0.389 e. The van der Waals surface area contributed by atoms with Gasteiger partial charge in [0.1, 0.15) is 0 Å². The van der Waals surface area contributed by atoms with E-state index in [4.69, 9.17) is 0 Å². The van der Waals surface area contributed by atoms with Crippen molar-refractivity contribution in [3.63, 3.8) is 0 Å². The van der Waals surface area contributed by atoms with E-state index in [1.165, 1.54) is 8.96 Å². The van der Waals surface area contributed by atoms with Crippen LogP contribution >= 0.6 is 31.9 Å². The van der Waals surface area contributed by atoms with Gasteiger partial charge in [0.25, 0.3) is 0 Å². The van der Waals surface area contributed by atoms with Crippen LogP contribution in [0.15, 0.2) is 106 Å². The molecule has 40 heavy (non-hydrogen) atoms. The van der Waals surface area contributed by atoms with Gasteiger partial charge in [0, 0.05) is 52.3 Å². The zero-order chi connectivity index (χ0) is 28.0. The lowest BCUT2D eigenvalue weighted by Gasteiger charge is -2.34. The topological polar surface area (TPSA) is 33.7 Å². The molecule has 0 fully saturated rings. The first kappa shape index (κ1) is 26.5. The fourth-order valence-corrected chi connectivity index (χ4v) is 6.40. The highest BCUT2D eigenvalue weighted by Crippen LogP contribution is 2.48. The average molecular weight is 660 g/mol. The molecule has 2 aliphatic heterocycles. The third-order valence-electron chi connectivity index (χ3n) is 7.26. The van der Waals surface area contributed by atoms with Gasteiger partial charge in [0.15, 0.2) is 11.4 Å². The zero-order valence-corrected chi connectivity index (χ0v) is 24.9. The second-order valence-electron chi connectivity index (χ2n) is 9.64. The minimum atomic E-state index is -4.30. The summed E-state index contributed by atoms with van der Waals surface area (Å²) in [4.78, 5) is 8.11. The number of hydrogen-bond acceptors (Lipinski definition) is 2. The van der Waals surface area contributed by atoms with Gasteiger partial charge in [0.05, 0.1) is 10.1 Å². The molecule has 0 atom stereocenters. The Hall–Kier alpha value is -3.69. The Morgan fingerprint density at radius 3 is 1.98 bits per heavy atom. The molecule has 0 aliphatic carbocycles. The number of rotatable bonds is 5. The molecule has 0 amide bonds. The maximum atomic E-state index is 17.1. The lowest BCUT2D eigenvalue weighted by molar-refractivity contribution is -0.362. The van der Waals surface area contributed by atoms with E-state index < -0.39 is 6.97 Å². The summed E-state index contributed by atoms with van der Waals surface area (Å²) in [5.41, 5.74) is 6.69. The van der Waals surface area contributed by atoms with Crippen molar-refractivity contribution in [2.24, 2.45) is 0 Å². The van der Waals surface area contributed by atoms with E-state index in [1.807, 2.05) is 80.6 Å². The molecule has 198 valence electrons. The molecule has 0 N–H and O–H groups in total. The molecule has 5 heterocycles. The molecular weight excluding hydrogens is 637 g/mol. The second-order valence-corrected chi connectivity index (χ2v) is 11.2. The first-order chi connectivity index (χ1) is 19.3. The van der Waals surface area contributed by atoms with E-state index in [9.17, 15) is 0 Å². The minimum absolute atomic E-state index is 0.403. The molecule has 6 rings (SSSR count). The summed E-state index contributed by atoms with van der Waals surface area (Å²) in [6.45, 7) is -0.517. The SMILES string of the molecule is CC1=C(Br)C(/C=C/c2ccncc2)=[N+]2C1=C(c1ccccc1)c1c(C)c(Br)c(/C=C/c3ccncc3)n1[B-]2(F)F. The van der Waals surface area contributed by atoms with Crippen LogP contribution in [-0.4, -0.2) is 31.6 Å². The van der Waals surface area contributed by atoms with Crippen LogP contribution in [-0.2, 0) is 0 Å². The Kier molecular flexibility index (Phi) is 6.88. The third-order valence-corrected chi connectivity index (χ3v) is 9.26. The van der Waals surface area contributed by atoms with Crippen molar-refractivity contribution in [2.45, 2.75) is 13.8 Å². The van der Waals surface area contributed by atoms with Crippen LogP contribution in [0, 0.1) is 6.92 Å². The molecule has 0 saturated carbocycles. The fraction of sp³-hybridized carbons (Fsp3) is 0.0645. The molecule has 0 unspecified atom stereocenters. The largest absolute Gasteiger partial charge is 0.737 e. The highest BCUT2D eigenvalue weighted by molar-refractivity contribution is 9.12. The maximum Gasteiger partial charge on any atom is 0.737 e. The molecule has 0 bridgehead atoms. The van der Waals surface area contributed by atoms with E-state index >= 15 is 8.63 Å². The van der Waals surface area contributed by atoms with E-state index in [2.05, 4.69) is 41.8 Å². The zero-order valence-electron chi connectivity index (χ0n) is 21.7. The molecule has 0 spiro atoms. The lowest BCUT2D eigenvalue weighted by atomic mass is 9.83. The van der Waals surface area contributed by atoms with Crippen LogP contribution in [0.1, 0.15) is 40.6 Å². The van der Waals surface area contributed by atoms with Crippen LogP contribution in [0.3, 0.4) is 0 Å². The van der Waals surface area contributed by atoms with Crippen molar-refractivity contribution in [3.05, 3.63) is 139 Å². The number of pyridine rings is 2. The standard InChI is InChI=1S/C31H23BBr2F2N4/c1-20-28(33)25(10-8-22-12-16-37-17-13-22)39-30(20)27(24-6-4-3-5-7-24)31-21(2)29(34)26(40(31)32(39,35)36)11-9-23-14-18-38-19-15-23/h3-19H,1-2H3/b10-8+,11-9+. The van der Waals surface area contributed by atoms with Gasteiger partial charge in [-0.25, -0.2) is 0 Å². The van der Waals surface area contributed by atoms with Gasteiger partial charge in [-0.2, -0.15) is 0 Å². The Balaban J connectivity index is 1.67. The molecule has 0 radical (unpaired) electrons. The second kappa shape index (κ2) is 10.4. The lowest BCUT2D eigenvalue weighted by Crippen LogP contribution is -2.51. The van der Waals surface area contributed by atoms with Gasteiger partial charge in [-0.15, -0.1) is 0 Å². The van der Waals surface area contributed by atoms with Gasteiger partial charge in [-0.3, -0.25) is 9.97 Å². The normalized spacial score (nSPS) is 16.4. The van der Waals surface area contributed by atoms with Crippen molar-refractivity contribution in [3.8, 4) is 0 Å². The number of benzene rings is 1. The Morgan fingerprint density at radius 1 is 0.800 bits per heavy atom. The number of fused-ring (bicyclic) bond motifs is 2. The molecule has 1 aromatic carbocycles. The number of allylic oxidation sites excluding steroid dienone is 3. The molecule has 4 aromatic rings. The molecular formula is C31H23BBr2F2N4. The average Bonchev–Trinajstić information content (AvgIpc) is 3.38. The number of nitrogens with zero attached hydrogens (tertiary/aromatic N) is 4. The smallest absolute Gasteiger partial charge is 0.389 e. The predicted molar refractivity (Wildman–Crippen MR) is 166 cm³/mol. The molecule has 2 aliphatic rings. The summed E-state index contributed by atoms with van der Waals surface area (Å²) < 4.78 is 37.9. The molecule has 9 heteroatoms. The van der Waals surface area contributed by atoms with Crippen LogP contribution in [0.5, 0.6) is 0 Å². The Bertz CT molecular complexity index is 1790. The number of aromatic nitrogens is 3. The summed E-state index contributed by atoms with van der Waals surface area (Å²) >= 11 is 7.35. The summed E-state index contributed by atoms with van der Waals surface area (Å²) in [5.74, 6) is 0. The highest BCUT2D eigenvalue weighted by atomic mass is 79.9. The molecule has 0 saturated heterocycles. The van der Waals surface area contributed by atoms with Crippen molar-refractivity contribution in [1.82, 2.24) is 14.4 Å². The quantitative estimate of drug-likeness (QED) is 0.202. The summed E-state index contributed by atoms with van der Waals surface area (Å²) in [6.07, 6.45) is 13.9. The van der Waals surface area contributed by atoms with Crippen molar-refractivity contribution >= 4 is 68.3 Å². The van der Waals surface area contributed by atoms with Gasteiger partial charge in [-0.1, -0.05) is 36.4 Å². The van der Waals surface area contributed by atoms with Gasteiger partial charge >= 0.3 is 6.97 Å². The van der Waals surface area contributed by atoms with Crippen LogP contribution in [0.2, 0.25) is 0 Å². The molecule has 4 nitrogen and oxygen atoms in total. The van der Waals surface area contributed by atoms with Crippen molar-refractivity contribution in [2.75, 3.05) is 0 Å². The Labute approximate surface area is 248 Å². The van der Waals surface area contributed by atoms with Crippen LogP contribution in [0.4, 0.5) is 8.63 Å². The highest BCUT2D eigenvalue weighted by Gasteiger charge is 2.57. The summed E-state index contributed by atoms with van der Waals surface area (Å²) in [6, 6.07) is 17.1. The number of hydrogen-bond donors (Lipinski definition) is 0. The van der Waals surface area contributed by atoms with Gasteiger partial charge < -0.3 is 17.6 Å². The summed E-state index contributed by atoms with van der Waals surface area (Å²) in [7, 11) is 0. The van der Waals surface area contributed by atoms with Crippen LogP contribution < -0.4 is 0 Å². The third kappa shape index (κ3) is 4.28. The van der Waals surface area contributed by atoms with Crippen molar-refractivity contribution < 1.29 is 13.1 Å². The number of halogens is 4. The van der Waals surface area contributed by atoms with E-state index in [0.29, 0.717) is 31.8 Å². The molecule has 3 aromatic heterocycles. The van der Waals surface area contributed by atoms with E-state index in [0.717, 1.165) is 33.4 Å². The van der Waals surface area contributed by atoms with Crippen molar-refractivity contribution in [1.29, 1.82) is 0 Å². The maximum absolute atomic E-state index is 17.1. The van der Waals surface area contributed by atoms with E-state index in [1.54, 1.807) is 36.9 Å². The Morgan fingerprint density at radius 2 is 1.38 bits per heavy atom. The van der Waals surface area contributed by atoms with E-state index in [-0.39, 0.29) is 0 Å². The fourth-order valence-electron chi connectivity index (χ4n) is 5.38. The first-order valence-electron chi connectivity index (χ1n) is 12.7. The van der Waals surface area contributed by atoms with Gasteiger partial charge in [-0.05, 0) is 104 Å². The van der Waals surface area contributed by atoms with Crippen LogP contribution in [0.25, 0.3) is 23.8 Å².